The van der Waals surface area contributed by atoms with Gasteiger partial charge in [-0.2, -0.15) is 0 Å². The van der Waals surface area contributed by atoms with Crippen LogP contribution in [0.3, 0.4) is 0 Å². The maximum Gasteiger partial charge on any atom is 0.118 e. The van der Waals surface area contributed by atoms with Crippen LogP contribution in [0.25, 0.3) is 0 Å². The lowest BCUT2D eigenvalue weighted by molar-refractivity contribution is 0.413. The molecule has 3 unspecified atom stereocenters. The Morgan fingerprint density at radius 1 is 1.24 bits per heavy atom. The molecule has 0 aromatic heterocycles. The summed E-state index contributed by atoms with van der Waals surface area (Å²) in [5.41, 5.74) is 1.42. The number of hydrogen-bond acceptors (Lipinski definition) is 2. The molecular weight excluding hydrogens is 210 g/mol. The highest BCUT2D eigenvalue weighted by atomic mass is 16.5. The first-order valence-electron chi connectivity index (χ1n) is 6.68. The van der Waals surface area contributed by atoms with Gasteiger partial charge in [0.15, 0.2) is 0 Å². The van der Waals surface area contributed by atoms with E-state index in [1.165, 1.54) is 24.8 Å². The molecule has 2 aliphatic carbocycles. The molecule has 92 valence electrons. The van der Waals surface area contributed by atoms with Crippen LogP contribution >= 0.6 is 0 Å². The minimum atomic E-state index is 0.566. The van der Waals surface area contributed by atoms with E-state index >= 15 is 0 Å². The Hall–Kier alpha value is -1.02. The van der Waals surface area contributed by atoms with E-state index < -0.39 is 0 Å². The summed E-state index contributed by atoms with van der Waals surface area (Å²) in [6.07, 6.45) is 4.11. The Morgan fingerprint density at radius 2 is 1.88 bits per heavy atom. The summed E-state index contributed by atoms with van der Waals surface area (Å²) >= 11 is 0. The number of ether oxygens (including phenoxy) is 1. The quantitative estimate of drug-likeness (QED) is 0.840. The Labute approximate surface area is 103 Å². The fraction of sp³-hybridized carbons (Fsp3) is 0.600. The number of rotatable bonds is 5. The molecule has 3 atom stereocenters. The zero-order valence-corrected chi connectivity index (χ0v) is 10.6. The molecule has 0 saturated heterocycles. The molecule has 2 fully saturated rings. The summed E-state index contributed by atoms with van der Waals surface area (Å²) in [6.45, 7) is 2.33. The van der Waals surface area contributed by atoms with Gasteiger partial charge in [-0.25, -0.2) is 0 Å². The molecule has 1 N–H and O–H groups in total. The van der Waals surface area contributed by atoms with Crippen molar-refractivity contribution in [3.8, 4) is 5.75 Å². The van der Waals surface area contributed by atoms with Gasteiger partial charge in [0.2, 0.25) is 0 Å². The van der Waals surface area contributed by atoms with Gasteiger partial charge in [-0.3, -0.25) is 0 Å². The maximum atomic E-state index is 5.22. The van der Waals surface area contributed by atoms with Gasteiger partial charge in [-0.1, -0.05) is 19.1 Å². The topological polar surface area (TPSA) is 21.3 Å². The minimum Gasteiger partial charge on any atom is -0.497 e. The molecule has 2 heteroatoms. The van der Waals surface area contributed by atoms with Crippen molar-refractivity contribution in [2.75, 3.05) is 7.11 Å². The van der Waals surface area contributed by atoms with Crippen LogP contribution < -0.4 is 10.1 Å². The second-order valence-electron chi connectivity index (χ2n) is 5.57. The van der Waals surface area contributed by atoms with E-state index in [2.05, 4.69) is 36.5 Å². The smallest absolute Gasteiger partial charge is 0.118 e. The Bertz CT molecular complexity index is 382. The normalized spacial score (nSPS) is 28.8. The van der Waals surface area contributed by atoms with Gasteiger partial charge in [0.1, 0.15) is 5.75 Å². The number of methoxy groups -OCH3 is 1. The molecule has 0 amide bonds. The predicted molar refractivity (Wildman–Crippen MR) is 69.2 cm³/mol. The third-order valence-corrected chi connectivity index (χ3v) is 4.07. The summed E-state index contributed by atoms with van der Waals surface area (Å²) < 4.78 is 5.22. The van der Waals surface area contributed by atoms with E-state index in [0.29, 0.717) is 6.04 Å². The van der Waals surface area contributed by atoms with Crippen molar-refractivity contribution in [3.63, 3.8) is 0 Å². The minimum absolute atomic E-state index is 0.566. The van der Waals surface area contributed by atoms with Gasteiger partial charge < -0.3 is 10.1 Å². The Balaban J connectivity index is 1.72. The fourth-order valence-corrected chi connectivity index (χ4v) is 2.53. The van der Waals surface area contributed by atoms with E-state index in [4.69, 9.17) is 4.74 Å². The number of hydrogen-bond donors (Lipinski definition) is 1. The molecule has 1 aromatic carbocycles. The van der Waals surface area contributed by atoms with Crippen molar-refractivity contribution in [2.24, 2.45) is 11.8 Å². The highest BCUT2D eigenvalue weighted by Gasteiger charge is 2.39. The SMILES string of the molecule is COc1ccc(C(NC2CC2C)C2CC2)cc1. The van der Waals surface area contributed by atoms with Crippen molar-refractivity contribution in [2.45, 2.75) is 38.3 Å². The summed E-state index contributed by atoms with van der Waals surface area (Å²) in [5, 5.41) is 3.82. The van der Waals surface area contributed by atoms with E-state index in [1.807, 2.05) is 0 Å². The van der Waals surface area contributed by atoms with Crippen LogP contribution in [0, 0.1) is 11.8 Å². The highest BCUT2D eigenvalue weighted by Crippen LogP contribution is 2.44. The number of nitrogens with one attached hydrogen (secondary N) is 1. The molecular formula is C15H21NO. The maximum absolute atomic E-state index is 5.22. The summed E-state index contributed by atoms with van der Waals surface area (Å²) in [6, 6.07) is 9.88. The summed E-state index contributed by atoms with van der Waals surface area (Å²) in [7, 11) is 1.72. The highest BCUT2D eigenvalue weighted by molar-refractivity contribution is 5.30. The summed E-state index contributed by atoms with van der Waals surface area (Å²) in [4.78, 5) is 0. The lowest BCUT2D eigenvalue weighted by Gasteiger charge is -2.19. The van der Waals surface area contributed by atoms with Crippen molar-refractivity contribution < 1.29 is 4.74 Å². The third kappa shape index (κ3) is 2.47. The largest absolute Gasteiger partial charge is 0.497 e. The molecule has 17 heavy (non-hydrogen) atoms. The van der Waals surface area contributed by atoms with Crippen molar-refractivity contribution in [3.05, 3.63) is 29.8 Å². The molecule has 0 aliphatic heterocycles. The third-order valence-electron chi connectivity index (χ3n) is 4.07. The van der Waals surface area contributed by atoms with Gasteiger partial charge in [0.05, 0.1) is 7.11 Å². The van der Waals surface area contributed by atoms with Gasteiger partial charge in [-0.05, 0) is 48.8 Å². The first-order chi connectivity index (χ1) is 8.28. The lowest BCUT2D eigenvalue weighted by atomic mass is 10.0. The van der Waals surface area contributed by atoms with Crippen LogP contribution in [0.5, 0.6) is 5.75 Å². The van der Waals surface area contributed by atoms with Crippen molar-refractivity contribution in [1.29, 1.82) is 0 Å². The van der Waals surface area contributed by atoms with Gasteiger partial charge in [0, 0.05) is 12.1 Å². The van der Waals surface area contributed by atoms with Crippen LogP contribution in [0.4, 0.5) is 0 Å². The van der Waals surface area contributed by atoms with Crippen LogP contribution in [0.1, 0.15) is 37.8 Å². The average Bonchev–Trinajstić information content (AvgIpc) is 3.24. The van der Waals surface area contributed by atoms with Crippen LogP contribution in [0.15, 0.2) is 24.3 Å². The van der Waals surface area contributed by atoms with Crippen LogP contribution in [0.2, 0.25) is 0 Å². The van der Waals surface area contributed by atoms with Crippen molar-refractivity contribution >= 4 is 0 Å². The Kier molecular flexibility index (Phi) is 2.83. The van der Waals surface area contributed by atoms with Gasteiger partial charge >= 0.3 is 0 Å². The van der Waals surface area contributed by atoms with E-state index in [9.17, 15) is 0 Å². The zero-order chi connectivity index (χ0) is 11.8. The summed E-state index contributed by atoms with van der Waals surface area (Å²) in [5.74, 6) is 2.67. The average molecular weight is 231 g/mol. The fourth-order valence-electron chi connectivity index (χ4n) is 2.53. The van der Waals surface area contributed by atoms with Crippen LogP contribution in [-0.2, 0) is 0 Å². The second-order valence-corrected chi connectivity index (χ2v) is 5.57. The monoisotopic (exact) mass is 231 g/mol. The zero-order valence-electron chi connectivity index (χ0n) is 10.6. The molecule has 0 radical (unpaired) electrons. The molecule has 2 nitrogen and oxygen atoms in total. The molecule has 1 aromatic rings. The molecule has 0 bridgehead atoms. The van der Waals surface area contributed by atoms with Gasteiger partial charge in [0.25, 0.3) is 0 Å². The standard InChI is InChI=1S/C15H21NO/c1-10-9-14(10)16-15(11-3-4-11)12-5-7-13(17-2)8-6-12/h5-8,10-11,14-16H,3-4,9H2,1-2H3. The predicted octanol–water partition coefficient (Wildman–Crippen LogP) is 3.14. The van der Waals surface area contributed by atoms with Gasteiger partial charge in [-0.15, -0.1) is 0 Å². The second kappa shape index (κ2) is 4.34. The molecule has 2 aliphatic rings. The van der Waals surface area contributed by atoms with E-state index in [0.717, 1.165) is 23.6 Å². The lowest BCUT2D eigenvalue weighted by Crippen LogP contribution is -2.26. The van der Waals surface area contributed by atoms with Crippen LogP contribution in [-0.4, -0.2) is 13.2 Å². The number of benzene rings is 1. The Morgan fingerprint density at radius 3 is 2.35 bits per heavy atom. The first kappa shape index (κ1) is 11.1. The molecule has 0 spiro atoms. The van der Waals surface area contributed by atoms with E-state index in [1.54, 1.807) is 7.11 Å². The van der Waals surface area contributed by atoms with E-state index in [-0.39, 0.29) is 0 Å². The van der Waals surface area contributed by atoms with Crippen molar-refractivity contribution in [1.82, 2.24) is 5.32 Å². The first-order valence-corrected chi connectivity index (χ1v) is 6.68. The molecule has 0 heterocycles. The molecule has 2 saturated carbocycles. The molecule has 3 rings (SSSR count).